The van der Waals surface area contributed by atoms with Crippen LogP contribution in [0.5, 0.6) is 0 Å². The van der Waals surface area contributed by atoms with E-state index in [1.165, 1.54) is 0 Å². The van der Waals surface area contributed by atoms with Crippen LogP contribution < -0.4 is 0 Å². The summed E-state index contributed by atoms with van der Waals surface area (Å²) in [5.41, 5.74) is 3.77. The zero-order valence-electron chi connectivity index (χ0n) is 15.9. The van der Waals surface area contributed by atoms with Crippen LogP contribution in [0, 0.1) is 13.8 Å². The number of aromatic amines is 1. The van der Waals surface area contributed by atoms with Crippen molar-refractivity contribution in [3.63, 3.8) is 0 Å². The smallest absolute Gasteiger partial charge is 0.252 e. The van der Waals surface area contributed by atoms with Crippen molar-refractivity contribution < 1.29 is 4.79 Å². The topological polar surface area (TPSA) is 92.1 Å². The van der Waals surface area contributed by atoms with Gasteiger partial charge in [0.2, 0.25) is 5.91 Å². The molecule has 1 fully saturated rings. The third kappa shape index (κ3) is 2.81. The lowest BCUT2D eigenvalue weighted by atomic mass is 10.2. The number of hydrogen-bond acceptors (Lipinski definition) is 5. The highest BCUT2D eigenvalue weighted by molar-refractivity contribution is 5.79. The molecular formula is C20H21N7O. The quantitative estimate of drug-likeness (QED) is 0.594. The van der Waals surface area contributed by atoms with Gasteiger partial charge in [0.1, 0.15) is 5.82 Å². The third-order valence-corrected chi connectivity index (χ3v) is 5.27. The van der Waals surface area contributed by atoms with Crippen molar-refractivity contribution in [3.05, 3.63) is 53.4 Å². The molecule has 1 N–H and O–H groups in total. The zero-order chi connectivity index (χ0) is 19.3. The average Bonchev–Trinajstić information content (AvgIpc) is 3.38. The van der Waals surface area contributed by atoms with Crippen molar-refractivity contribution in [3.8, 4) is 0 Å². The summed E-state index contributed by atoms with van der Waals surface area (Å²) in [7, 11) is 0. The lowest BCUT2D eigenvalue weighted by molar-refractivity contribution is -0.131. The number of para-hydroxylation sites is 2. The van der Waals surface area contributed by atoms with E-state index in [-0.39, 0.29) is 18.4 Å². The SMILES string of the molecule is Cc1cc(C)n2nc(CC(=O)N3CCCC3c3nc4ccccc4[nH]3)nc2n1. The van der Waals surface area contributed by atoms with Crippen molar-refractivity contribution in [1.82, 2.24) is 34.4 Å². The molecule has 4 aromatic rings. The number of likely N-dealkylation sites (tertiary alicyclic amines) is 1. The van der Waals surface area contributed by atoms with Crippen molar-refractivity contribution in [2.45, 2.75) is 39.2 Å². The van der Waals surface area contributed by atoms with Crippen LogP contribution in [0.3, 0.4) is 0 Å². The van der Waals surface area contributed by atoms with Gasteiger partial charge in [0.25, 0.3) is 5.78 Å². The number of carbonyl (C=O) groups excluding carboxylic acids is 1. The first kappa shape index (κ1) is 16.9. The minimum absolute atomic E-state index is 0.0215. The van der Waals surface area contributed by atoms with Crippen LogP contribution in [0.4, 0.5) is 0 Å². The Balaban J connectivity index is 1.40. The van der Waals surface area contributed by atoms with Crippen LogP contribution in [-0.2, 0) is 11.2 Å². The summed E-state index contributed by atoms with van der Waals surface area (Å²) in [6, 6.07) is 9.86. The lowest BCUT2D eigenvalue weighted by Gasteiger charge is -2.22. The molecule has 1 saturated heterocycles. The van der Waals surface area contributed by atoms with Gasteiger partial charge in [-0.3, -0.25) is 4.79 Å². The predicted octanol–water partition coefficient (Wildman–Crippen LogP) is 2.52. The van der Waals surface area contributed by atoms with E-state index in [0.717, 1.165) is 47.6 Å². The fraction of sp³-hybridized carbons (Fsp3) is 0.350. The first-order chi connectivity index (χ1) is 13.6. The van der Waals surface area contributed by atoms with E-state index in [1.807, 2.05) is 49.1 Å². The number of amides is 1. The van der Waals surface area contributed by atoms with Gasteiger partial charge in [-0.05, 0) is 44.9 Å². The second-order valence-corrected chi connectivity index (χ2v) is 7.34. The molecule has 1 aromatic carbocycles. The second kappa shape index (κ2) is 6.40. The molecule has 0 spiro atoms. The molecular weight excluding hydrogens is 354 g/mol. The number of nitrogens with one attached hydrogen (secondary N) is 1. The molecule has 1 unspecified atom stereocenters. The minimum Gasteiger partial charge on any atom is -0.340 e. The van der Waals surface area contributed by atoms with Crippen LogP contribution in [-0.4, -0.2) is 46.9 Å². The van der Waals surface area contributed by atoms with Crippen LogP contribution >= 0.6 is 0 Å². The summed E-state index contributed by atoms with van der Waals surface area (Å²) in [5.74, 6) is 1.91. The maximum atomic E-state index is 13.0. The van der Waals surface area contributed by atoms with Crippen molar-refractivity contribution >= 4 is 22.7 Å². The van der Waals surface area contributed by atoms with Gasteiger partial charge < -0.3 is 9.88 Å². The molecule has 8 nitrogen and oxygen atoms in total. The first-order valence-corrected chi connectivity index (χ1v) is 9.52. The summed E-state index contributed by atoms with van der Waals surface area (Å²) >= 11 is 0. The summed E-state index contributed by atoms with van der Waals surface area (Å²) < 4.78 is 1.69. The Kier molecular flexibility index (Phi) is 3.85. The number of aryl methyl sites for hydroxylation is 2. The number of nitrogens with zero attached hydrogens (tertiary/aromatic N) is 6. The van der Waals surface area contributed by atoms with Crippen LogP contribution in [0.25, 0.3) is 16.8 Å². The van der Waals surface area contributed by atoms with E-state index in [2.05, 4.69) is 20.1 Å². The minimum atomic E-state index is -0.0287. The molecule has 8 heteroatoms. The number of H-pyrrole nitrogens is 1. The molecule has 3 aromatic heterocycles. The van der Waals surface area contributed by atoms with Gasteiger partial charge in [-0.1, -0.05) is 12.1 Å². The first-order valence-electron chi connectivity index (χ1n) is 9.52. The van der Waals surface area contributed by atoms with Crippen LogP contribution in [0.15, 0.2) is 30.3 Å². The molecule has 142 valence electrons. The highest BCUT2D eigenvalue weighted by Crippen LogP contribution is 2.31. The van der Waals surface area contributed by atoms with E-state index in [9.17, 15) is 4.79 Å². The fourth-order valence-corrected chi connectivity index (χ4v) is 4.00. The Morgan fingerprint density at radius 2 is 2.07 bits per heavy atom. The Labute approximate surface area is 161 Å². The third-order valence-electron chi connectivity index (χ3n) is 5.27. The highest BCUT2D eigenvalue weighted by Gasteiger charge is 2.32. The number of imidazole rings is 1. The second-order valence-electron chi connectivity index (χ2n) is 7.34. The number of fused-ring (bicyclic) bond motifs is 2. The van der Waals surface area contributed by atoms with Gasteiger partial charge in [-0.15, -0.1) is 5.10 Å². The molecule has 1 aliphatic rings. The lowest BCUT2D eigenvalue weighted by Crippen LogP contribution is -2.32. The van der Waals surface area contributed by atoms with Gasteiger partial charge in [-0.2, -0.15) is 4.98 Å². The van der Waals surface area contributed by atoms with Crippen LogP contribution in [0.1, 0.15) is 41.9 Å². The molecule has 0 saturated carbocycles. The molecule has 5 rings (SSSR count). The molecule has 4 heterocycles. The number of aromatic nitrogens is 6. The molecule has 1 amide bonds. The van der Waals surface area contributed by atoms with E-state index in [1.54, 1.807) is 4.52 Å². The van der Waals surface area contributed by atoms with Gasteiger partial charge in [0.05, 0.1) is 23.5 Å². The van der Waals surface area contributed by atoms with Gasteiger partial charge in [-0.25, -0.2) is 14.5 Å². The Morgan fingerprint density at radius 3 is 2.93 bits per heavy atom. The maximum absolute atomic E-state index is 13.0. The maximum Gasteiger partial charge on any atom is 0.252 e. The Morgan fingerprint density at radius 1 is 1.21 bits per heavy atom. The molecule has 0 aliphatic carbocycles. The summed E-state index contributed by atoms with van der Waals surface area (Å²) in [6.07, 6.45) is 2.04. The largest absolute Gasteiger partial charge is 0.340 e. The zero-order valence-corrected chi connectivity index (χ0v) is 15.9. The summed E-state index contributed by atoms with van der Waals surface area (Å²) in [6.45, 7) is 4.61. The standard InChI is InChI=1S/C20H21N7O/c1-12-10-13(2)27-20(21-12)24-17(25-27)11-18(28)26-9-5-8-16(26)19-22-14-6-3-4-7-15(14)23-19/h3-4,6-7,10,16H,5,8-9,11H2,1-2H3,(H,22,23). The van der Waals surface area contributed by atoms with Crippen LogP contribution in [0.2, 0.25) is 0 Å². The number of hydrogen-bond donors (Lipinski definition) is 1. The van der Waals surface area contributed by atoms with E-state index in [4.69, 9.17) is 4.98 Å². The van der Waals surface area contributed by atoms with Crippen molar-refractivity contribution in [2.24, 2.45) is 0 Å². The van der Waals surface area contributed by atoms with Crippen molar-refractivity contribution in [1.29, 1.82) is 0 Å². The Bertz CT molecular complexity index is 1160. The van der Waals surface area contributed by atoms with Crippen molar-refractivity contribution in [2.75, 3.05) is 6.54 Å². The monoisotopic (exact) mass is 375 g/mol. The average molecular weight is 375 g/mol. The summed E-state index contributed by atoms with van der Waals surface area (Å²) in [4.78, 5) is 31.8. The Hall–Kier alpha value is -3.29. The highest BCUT2D eigenvalue weighted by atomic mass is 16.2. The molecule has 28 heavy (non-hydrogen) atoms. The fourth-order valence-electron chi connectivity index (χ4n) is 4.00. The van der Waals surface area contributed by atoms with Gasteiger partial charge >= 0.3 is 0 Å². The number of carbonyl (C=O) groups is 1. The number of benzene rings is 1. The van der Waals surface area contributed by atoms with E-state index >= 15 is 0 Å². The normalized spacial score (nSPS) is 17.1. The molecule has 0 radical (unpaired) electrons. The van der Waals surface area contributed by atoms with Gasteiger partial charge in [0.15, 0.2) is 5.82 Å². The molecule has 0 bridgehead atoms. The number of rotatable bonds is 3. The van der Waals surface area contributed by atoms with Gasteiger partial charge in [0, 0.05) is 17.9 Å². The molecule has 1 atom stereocenters. The van der Waals surface area contributed by atoms with E-state index < -0.39 is 0 Å². The van der Waals surface area contributed by atoms with E-state index in [0.29, 0.717) is 11.6 Å². The predicted molar refractivity (Wildman–Crippen MR) is 104 cm³/mol. The summed E-state index contributed by atoms with van der Waals surface area (Å²) in [5, 5.41) is 4.47. The molecule has 1 aliphatic heterocycles.